The second-order valence-electron chi connectivity index (χ2n) is 6.55. The number of ether oxygens (including phenoxy) is 1. The zero-order valence-corrected chi connectivity index (χ0v) is 13.6. The quantitative estimate of drug-likeness (QED) is 0.894. The average Bonchev–Trinajstić information content (AvgIpc) is 2.74. The van der Waals surface area contributed by atoms with Gasteiger partial charge in [-0.2, -0.15) is 0 Å². The van der Waals surface area contributed by atoms with Crippen LogP contribution < -0.4 is 0 Å². The molecule has 126 valence electrons. The van der Waals surface area contributed by atoms with Crippen molar-refractivity contribution < 1.29 is 19.7 Å². The van der Waals surface area contributed by atoms with Gasteiger partial charge in [-0.25, -0.2) is 4.79 Å². The maximum Gasteiger partial charge on any atom is 0.412 e. The normalized spacial score (nSPS) is 29.6. The SMILES string of the molecule is CCOC(=O)N1C2CCC1(O)CC(c1ccccc1CCO)C2. The Balaban J connectivity index is 1.84. The van der Waals surface area contributed by atoms with E-state index in [1.165, 1.54) is 5.56 Å². The summed E-state index contributed by atoms with van der Waals surface area (Å²) in [5.74, 6) is 0.209. The van der Waals surface area contributed by atoms with E-state index in [-0.39, 0.29) is 18.6 Å². The predicted molar refractivity (Wildman–Crippen MR) is 86.0 cm³/mol. The lowest BCUT2D eigenvalue weighted by Crippen LogP contribution is -2.55. The molecule has 0 saturated carbocycles. The van der Waals surface area contributed by atoms with Crippen molar-refractivity contribution >= 4 is 6.09 Å². The summed E-state index contributed by atoms with van der Waals surface area (Å²) in [5.41, 5.74) is 1.22. The minimum atomic E-state index is -1.10. The number of aliphatic hydroxyl groups excluding tert-OH is 1. The molecule has 3 rings (SSSR count). The zero-order chi connectivity index (χ0) is 16.4. The molecular formula is C18H25NO4. The zero-order valence-electron chi connectivity index (χ0n) is 13.6. The Bertz CT molecular complexity index is 576. The minimum Gasteiger partial charge on any atom is -0.450 e. The van der Waals surface area contributed by atoms with E-state index in [1.807, 2.05) is 18.2 Å². The fourth-order valence-electron chi connectivity index (χ4n) is 4.25. The van der Waals surface area contributed by atoms with Gasteiger partial charge in [-0.05, 0) is 49.7 Å². The van der Waals surface area contributed by atoms with Gasteiger partial charge in [0.25, 0.3) is 0 Å². The van der Waals surface area contributed by atoms with Crippen LogP contribution in [0.4, 0.5) is 4.79 Å². The molecule has 2 heterocycles. The van der Waals surface area contributed by atoms with Crippen LogP contribution in [0.5, 0.6) is 0 Å². The minimum absolute atomic E-state index is 0.0278. The number of nitrogens with zero attached hydrogens (tertiary/aromatic N) is 1. The molecule has 2 fully saturated rings. The summed E-state index contributed by atoms with van der Waals surface area (Å²) in [6.07, 6.45) is 3.01. The Hall–Kier alpha value is -1.59. The van der Waals surface area contributed by atoms with Crippen LogP contribution >= 0.6 is 0 Å². The van der Waals surface area contributed by atoms with Gasteiger partial charge in [0.2, 0.25) is 0 Å². The Morgan fingerprint density at radius 2 is 2.22 bits per heavy atom. The van der Waals surface area contributed by atoms with Gasteiger partial charge in [-0.15, -0.1) is 0 Å². The van der Waals surface area contributed by atoms with Gasteiger partial charge in [-0.3, -0.25) is 4.90 Å². The third-order valence-corrected chi connectivity index (χ3v) is 5.16. The van der Waals surface area contributed by atoms with Gasteiger partial charge in [0.05, 0.1) is 6.61 Å². The summed E-state index contributed by atoms with van der Waals surface area (Å²) in [5, 5.41) is 20.3. The highest BCUT2D eigenvalue weighted by molar-refractivity contribution is 5.69. The predicted octanol–water partition coefficient (Wildman–Crippen LogP) is 2.41. The van der Waals surface area contributed by atoms with Crippen LogP contribution in [0.2, 0.25) is 0 Å². The fraction of sp³-hybridized carbons (Fsp3) is 0.611. The van der Waals surface area contributed by atoms with Gasteiger partial charge < -0.3 is 14.9 Å². The Labute approximate surface area is 136 Å². The summed E-state index contributed by atoms with van der Waals surface area (Å²) < 4.78 is 5.12. The number of amides is 1. The highest BCUT2D eigenvalue weighted by atomic mass is 16.6. The molecule has 0 radical (unpaired) electrons. The molecule has 2 N–H and O–H groups in total. The third-order valence-electron chi connectivity index (χ3n) is 5.16. The molecule has 2 saturated heterocycles. The van der Waals surface area contributed by atoms with Gasteiger partial charge in [0.15, 0.2) is 0 Å². The Morgan fingerprint density at radius 3 is 2.91 bits per heavy atom. The van der Waals surface area contributed by atoms with Crippen LogP contribution in [0.1, 0.15) is 49.7 Å². The molecule has 1 amide bonds. The summed E-state index contributed by atoms with van der Waals surface area (Å²) >= 11 is 0. The van der Waals surface area contributed by atoms with Crippen molar-refractivity contribution in [2.75, 3.05) is 13.2 Å². The number of hydrogen-bond donors (Lipinski definition) is 2. The number of piperidine rings is 1. The molecule has 1 aromatic rings. The van der Waals surface area contributed by atoms with Crippen LogP contribution in [0, 0.1) is 0 Å². The van der Waals surface area contributed by atoms with Gasteiger partial charge >= 0.3 is 6.09 Å². The number of benzene rings is 1. The van der Waals surface area contributed by atoms with E-state index in [2.05, 4.69) is 6.07 Å². The molecule has 1 aromatic carbocycles. The van der Waals surface area contributed by atoms with E-state index in [4.69, 9.17) is 4.74 Å². The first-order chi connectivity index (χ1) is 11.1. The molecule has 0 aromatic heterocycles. The third kappa shape index (κ3) is 2.95. The Morgan fingerprint density at radius 1 is 1.43 bits per heavy atom. The van der Waals surface area contributed by atoms with Crippen molar-refractivity contribution in [1.29, 1.82) is 0 Å². The second-order valence-corrected chi connectivity index (χ2v) is 6.55. The largest absolute Gasteiger partial charge is 0.450 e. The van der Waals surface area contributed by atoms with Crippen molar-refractivity contribution in [3.63, 3.8) is 0 Å². The molecule has 2 aliphatic rings. The number of hydrogen-bond acceptors (Lipinski definition) is 4. The first-order valence-corrected chi connectivity index (χ1v) is 8.46. The van der Waals surface area contributed by atoms with Gasteiger partial charge in [0, 0.05) is 19.1 Å². The first kappa shape index (κ1) is 16.3. The van der Waals surface area contributed by atoms with Crippen LogP contribution in [-0.2, 0) is 11.2 Å². The second kappa shape index (κ2) is 6.49. The molecule has 3 atom stereocenters. The molecular weight excluding hydrogens is 294 g/mol. The van der Waals surface area contributed by atoms with Gasteiger partial charge in [-0.1, -0.05) is 24.3 Å². The highest BCUT2D eigenvalue weighted by Gasteiger charge is 2.54. The first-order valence-electron chi connectivity index (χ1n) is 8.46. The lowest BCUT2D eigenvalue weighted by molar-refractivity contribution is -0.110. The molecule has 2 bridgehead atoms. The summed E-state index contributed by atoms with van der Waals surface area (Å²) in [6, 6.07) is 8.12. The molecule has 2 aliphatic heterocycles. The van der Waals surface area contributed by atoms with Crippen molar-refractivity contribution in [2.45, 2.75) is 56.7 Å². The molecule has 23 heavy (non-hydrogen) atoms. The van der Waals surface area contributed by atoms with Crippen molar-refractivity contribution in [3.8, 4) is 0 Å². The van der Waals surface area contributed by atoms with Crippen molar-refractivity contribution in [2.24, 2.45) is 0 Å². The molecule has 5 nitrogen and oxygen atoms in total. The van der Waals surface area contributed by atoms with Crippen LogP contribution in [0.15, 0.2) is 24.3 Å². The summed E-state index contributed by atoms with van der Waals surface area (Å²) in [4.78, 5) is 13.7. The monoisotopic (exact) mass is 319 g/mol. The van der Waals surface area contributed by atoms with E-state index in [9.17, 15) is 15.0 Å². The van der Waals surface area contributed by atoms with E-state index >= 15 is 0 Å². The maximum absolute atomic E-state index is 12.2. The number of aliphatic hydroxyl groups is 2. The van der Waals surface area contributed by atoms with Crippen LogP contribution in [-0.4, -0.2) is 46.2 Å². The van der Waals surface area contributed by atoms with Crippen molar-refractivity contribution in [1.82, 2.24) is 4.90 Å². The molecule has 0 spiro atoms. The van der Waals surface area contributed by atoms with Crippen LogP contribution in [0.3, 0.4) is 0 Å². The number of fused-ring (bicyclic) bond motifs is 2. The summed E-state index contributed by atoms with van der Waals surface area (Å²) in [6.45, 7) is 2.22. The van der Waals surface area contributed by atoms with Gasteiger partial charge in [0.1, 0.15) is 5.72 Å². The van der Waals surface area contributed by atoms with E-state index in [0.29, 0.717) is 25.9 Å². The smallest absolute Gasteiger partial charge is 0.412 e. The summed E-state index contributed by atoms with van der Waals surface area (Å²) in [7, 11) is 0. The van der Waals surface area contributed by atoms with E-state index in [1.54, 1.807) is 11.8 Å². The van der Waals surface area contributed by atoms with Crippen molar-refractivity contribution in [3.05, 3.63) is 35.4 Å². The van der Waals surface area contributed by atoms with E-state index < -0.39 is 11.8 Å². The lowest BCUT2D eigenvalue weighted by Gasteiger charge is -2.44. The molecule has 0 aliphatic carbocycles. The fourth-order valence-corrected chi connectivity index (χ4v) is 4.25. The number of rotatable bonds is 4. The molecule has 5 heteroatoms. The van der Waals surface area contributed by atoms with Crippen LogP contribution in [0.25, 0.3) is 0 Å². The maximum atomic E-state index is 12.2. The number of carbonyl (C=O) groups excluding carboxylic acids is 1. The average molecular weight is 319 g/mol. The Kier molecular flexibility index (Phi) is 4.60. The standard InChI is InChI=1S/C18H25NO4/c1-2-23-17(21)19-15-7-9-18(19,22)12-14(11-15)16-6-4-3-5-13(16)8-10-20/h3-6,14-15,20,22H,2,7-12H2,1H3. The highest BCUT2D eigenvalue weighted by Crippen LogP contribution is 2.49. The van der Waals surface area contributed by atoms with E-state index in [0.717, 1.165) is 18.4 Å². The number of carbonyl (C=O) groups is 1. The topological polar surface area (TPSA) is 70.0 Å². The molecule has 3 unspecified atom stereocenters. The lowest BCUT2D eigenvalue weighted by atomic mass is 9.81.